The van der Waals surface area contributed by atoms with Crippen molar-refractivity contribution in [1.29, 1.82) is 0 Å². The summed E-state index contributed by atoms with van der Waals surface area (Å²) in [5.74, 6) is -1.73. The molecule has 4 heteroatoms. The number of esters is 1. The summed E-state index contributed by atoms with van der Waals surface area (Å²) >= 11 is 0. The van der Waals surface area contributed by atoms with E-state index in [1.165, 1.54) is 0 Å². The van der Waals surface area contributed by atoms with E-state index in [1.54, 1.807) is 0 Å². The van der Waals surface area contributed by atoms with Gasteiger partial charge in [-0.05, 0) is 11.1 Å². The second-order valence-corrected chi connectivity index (χ2v) is 5.08. The van der Waals surface area contributed by atoms with Gasteiger partial charge in [0.15, 0.2) is 0 Å². The molecular weight excluding hydrogens is 272 g/mol. The van der Waals surface area contributed by atoms with Gasteiger partial charge in [-0.1, -0.05) is 60.4 Å². The number of ether oxygens (including phenoxy) is 1. The van der Waals surface area contributed by atoms with Crippen molar-refractivity contribution in [3.8, 4) is 0 Å². The average Bonchev–Trinajstić information content (AvgIpc) is 2.72. The Morgan fingerprint density at radius 2 is 1.55 bits per heavy atom. The van der Waals surface area contributed by atoms with Gasteiger partial charge in [0.2, 0.25) is 0 Å². The van der Waals surface area contributed by atoms with Crippen molar-refractivity contribution in [1.82, 2.24) is 0 Å². The van der Waals surface area contributed by atoms with Crippen molar-refractivity contribution >= 4 is 16.8 Å². The molecule has 104 valence electrons. The molecule has 0 unspecified atom stereocenters. The van der Waals surface area contributed by atoms with Crippen LogP contribution in [0.15, 0.2) is 60.4 Å². The third-order valence-electron chi connectivity index (χ3n) is 2.31. The monoisotopic (exact) mass is 298 g/mol. The van der Waals surface area contributed by atoms with E-state index in [2.05, 4.69) is 4.74 Å². The van der Waals surface area contributed by atoms with Gasteiger partial charge in [0.1, 0.15) is 5.75 Å². The molecular formula is C16H16O3S. The van der Waals surface area contributed by atoms with Gasteiger partial charge in [-0.25, -0.2) is 0 Å². The molecule has 0 saturated carbocycles. The smallest absolute Gasteiger partial charge is 0.318 e. The minimum Gasteiger partial charge on any atom is -0.468 e. The summed E-state index contributed by atoms with van der Waals surface area (Å²) in [5.41, 5.74) is -1.08. The van der Waals surface area contributed by atoms with Gasteiger partial charge in [0, 0.05) is 10.8 Å². The number of hydrogen-bond acceptors (Lipinski definition) is 3. The van der Waals surface area contributed by atoms with Gasteiger partial charge < -0.3 is 4.74 Å². The molecule has 0 aromatic heterocycles. The predicted octanol–water partition coefficient (Wildman–Crippen LogP) is 2.70. The lowest BCUT2D eigenvalue weighted by Gasteiger charge is -2.17. The predicted molar refractivity (Wildman–Crippen MR) is 79.8 cm³/mol. The van der Waals surface area contributed by atoms with E-state index < -0.39 is 99.3 Å². The second kappa shape index (κ2) is 7.01. The number of carbonyl (C=O) groups excluding carboxylic acids is 1. The summed E-state index contributed by atoms with van der Waals surface area (Å²) in [6.45, 7) is 0. The highest BCUT2D eigenvalue weighted by Crippen LogP contribution is 2.28. The lowest BCUT2D eigenvalue weighted by molar-refractivity contribution is -0.137. The molecule has 2 aromatic rings. The quantitative estimate of drug-likeness (QED) is 0.797. The van der Waals surface area contributed by atoms with Crippen molar-refractivity contribution in [3.63, 3.8) is 0 Å². The fourth-order valence-electron chi connectivity index (χ4n) is 1.45. The van der Waals surface area contributed by atoms with Crippen LogP contribution in [0.25, 0.3) is 0 Å². The molecule has 3 nitrogen and oxygen atoms in total. The Morgan fingerprint density at radius 1 is 1.10 bits per heavy atom. The summed E-state index contributed by atoms with van der Waals surface area (Å²) in [7, 11) is -1.36. The van der Waals surface area contributed by atoms with E-state index in [9.17, 15) is 9.00 Å². The van der Waals surface area contributed by atoms with Gasteiger partial charge >= 0.3 is 5.97 Å². The summed E-state index contributed by atoms with van der Waals surface area (Å²) < 4.78 is 96.9. The van der Waals surface area contributed by atoms with Gasteiger partial charge in [-0.3, -0.25) is 9.00 Å². The van der Waals surface area contributed by atoms with Crippen LogP contribution in [0.2, 0.25) is 0 Å². The molecule has 0 saturated heterocycles. The molecule has 0 bridgehead atoms. The SMILES string of the molecule is [2H]c1c([2H])c([2H])c(C(c2c([2H])c([2H])c([2H])c([2H])c2[2H])[S@@](=O)CC(=O)OC)c([2H])c1[2H]. The minimum absolute atomic E-state index is 0.540. The Balaban J connectivity index is 2.98. The maximum absolute atomic E-state index is 13.1. The van der Waals surface area contributed by atoms with Crippen LogP contribution in [0.4, 0.5) is 0 Å². The topological polar surface area (TPSA) is 43.4 Å². The maximum Gasteiger partial charge on any atom is 0.318 e. The van der Waals surface area contributed by atoms with E-state index in [1.807, 2.05) is 0 Å². The minimum atomic E-state index is -2.39. The van der Waals surface area contributed by atoms with E-state index in [-0.39, 0.29) is 0 Å². The molecule has 2 rings (SSSR count). The normalized spacial score (nSPS) is 19.1. The van der Waals surface area contributed by atoms with Crippen molar-refractivity contribution in [2.75, 3.05) is 12.9 Å². The molecule has 0 spiro atoms. The first-order chi connectivity index (χ1) is 13.9. The summed E-state index contributed by atoms with van der Waals surface area (Å²) in [6, 6.07) is -7.45. The number of methoxy groups -OCH3 is 1. The number of rotatable bonds is 5. The van der Waals surface area contributed by atoms with Gasteiger partial charge in [-0.15, -0.1) is 0 Å². The Kier molecular flexibility index (Phi) is 2.18. The van der Waals surface area contributed by atoms with Crippen molar-refractivity contribution in [2.45, 2.75) is 5.25 Å². The molecule has 0 heterocycles. The standard InChI is InChI=1S/C16H16O3S/c1-19-15(17)12-20(18)16(13-8-4-2-5-9-13)14-10-6-3-7-11-14/h2-11,16H,12H2,1H3/t20-/m0/s1/i2D,3D,4D,5D,6D,7D,8D,9D,10D,11D. The van der Waals surface area contributed by atoms with Crippen molar-refractivity contribution < 1.29 is 27.4 Å². The summed E-state index contributed by atoms with van der Waals surface area (Å²) in [4.78, 5) is 11.7. The molecule has 0 radical (unpaired) electrons. The van der Waals surface area contributed by atoms with Crippen molar-refractivity contribution in [3.05, 3.63) is 71.6 Å². The lowest BCUT2D eigenvalue weighted by atomic mass is 10.0. The molecule has 0 fully saturated rings. The molecule has 0 aliphatic heterocycles. The number of benzene rings is 2. The van der Waals surface area contributed by atoms with Gasteiger partial charge in [0.05, 0.1) is 26.1 Å². The van der Waals surface area contributed by atoms with Crippen LogP contribution in [-0.4, -0.2) is 23.0 Å². The van der Waals surface area contributed by atoms with Gasteiger partial charge in [-0.2, -0.15) is 0 Å². The lowest BCUT2D eigenvalue weighted by Crippen LogP contribution is -2.18. The van der Waals surface area contributed by atoms with Crippen LogP contribution in [0, 0.1) is 0 Å². The molecule has 20 heavy (non-hydrogen) atoms. The van der Waals surface area contributed by atoms with Crippen LogP contribution in [0.5, 0.6) is 0 Å². The molecule has 2 aromatic carbocycles. The van der Waals surface area contributed by atoms with E-state index in [4.69, 9.17) is 13.7 Å². The number of carbonyl (C=O) groups is 1. The summed E-state index contributed by atoms with van der Waals surface area (Å²) in [6.07, 6.45) is 0. The first kappa shape index (κ1) is 6.22. The second-order valence-electron chi connectivity index (χ2n) is 3.56. The maximum atomic E-state index is 13.1. The van der Waals surface area contributed by atoms with Crippen LogP contribution < -0.4 is 0 Å². The van der Waals surface area contributed by atoms with E-state index in [0.717, 1.165) is 7.11 Å². The van der Waals surface area contributed by atoms with E-state index >= 15 is 0 Å². The molecule has 0 aliphatic carbocycles. The first-order valence-corrected chi connectivity index (χ1v) is 6.82. The van der Waals surface area contributed by atoms with Crippen LogP contribution in [-0.2, 0) is 20.3 Å². The third kappa shape index (κ3) is 3.54. The fourth-order valence-corrected chi connectivity index (χ4v) is 2.73. The Labute approximate surface area is 135 Å². The zero-order valence-corrected chi connectivity index (χ0v) is 11.2. The molecule has 0 N–H and O–H groups in total. The van der Waals surface area contributed by atoms with Crippen LogP contribution >= 0.6 is 0 Å². The fraction of sp³-hybridized carbons (Fsp3) is 0.188. The van der Waals surface area contributed by atoms with Crippen LogP contribution in [0.3, 0.4) is 0 Å². The average molecular weight is 298 g/mol. The van der Waals surface area contributed by atoms with E-state index in [0.29, 0.717) is 0 Å². The molecule has 1 atom stereocenters. The zero-order chi connectivity index (χ0) is 23.1. The summed E-state index contributed by atoms with van der Waals surface area (Å²) in [5, 5.41) is -1.77. The largest absolute Gasteiger partial charge is 0.468 e. The Bertz CT molecular complexity index is 945. The Morgan fingerprint density at radius 3 is 1.95 bits per heavy atom. The molecule has 0 aliphatic rings. The Hall–Kier alpha value is -1.94. The highest BCUT2D eigenvalue weighted by atomic mass is 32.2. The van der Waals surface area contributed by atoms with Crippen molar-refractivity contribution in [2.24, 2.45) is 0 Å². The third-order valence-corrected chi connectivity index (χ3v) is 3.83. The highest BCUT2D eigenvalue weighted by Gasteiger charge is 2.23. The first-order valence-electron chi connectivity index (χ1n) is 10.4. The number of hydrogen-bond donors (Lipinski definition) is 0. The highest BCUT2D eigenvalue weighted by molar-refractivity contribution is 7.86. The zero-order valence-electron chi connectivity index (χ0n) is 20.4. The van der Waals surface area contributed by atoms with Gasteiger partial charge in [0.25, 0.3) is 0 Å². The van der Waals surface area contributed by atoms with Crippen LogP contribution in [0.1, 0.15) is 30.1 Å². The molecule has 0 amide bonds.